The van der Waals surface area contributed by atoms with E-state index >= 15 is 0 Å². The van der Waals surface area contributed by atoms with Crippen LogP contribution < -0.4 is 4.74 Å². The summed E-state index contributed by atoms with van der Waals surface area (Å²) in [5.74, 6) is 0.211. The monoisotopic (exact) mass is 259 g/mol. The maximum absolute atomic E-state index is 11.7. The normalized spacial score (nSPS) is 14.8. The molecule has 0 radical (unpaired) electrons. The zero-order chi connectivity index (χ0) is 14.0. The fourth-order valence-electron chi connectivity index (χ4n) is 1.93. The molecule has 0 saturated carbocycles. The third-order valence-corrected chi connectivity index (χ3v) is 2.96. The van der Waals surface area contributed by atoms with Gasteiger partial charge in [0.25, 0.3) is 5.91 Å². The van der Waals surface area contributed by atoms with E-state index < -0.39 is 0 Å². The third kappa shape index (κ3) is 2.36. The van der Waals surface area contributed by atoms with E-state index in [2.05, 4.69) is 0 Å². The molecule has 2 rings (SSSR count). The highest BCUT2D eigenvalue weighted by molar-refractivity contribution is 6.01. The number of nitriles is 1. The van der Waals surface area contributed by atoms with Gasteiger partial charge in [-0.3, -0.25) is 9.69 Å². The lowest BCUT2D eigenvalue weighted by Gasteiger charge is -2.14. The molecular formula is C13H13N3O3. The second kappa shape index (κ2) is 4.98. The number of imide groups is 1. The van der Waals surface area contributed by atoms with Crippen molar-refractivity contribution in [1.29, 1.82) is 5.26 Å². The van der Waals surface area contributed by atoms with E-state index in [1.165, 1.54) is 16.9 Å². The van der Waals surface area contributed by atoms with Gasteiger partial charge in [-0.1, -0.05) is 6.07 Å². The van der Waals surface area contributed by atoms with Crippen molar-refractivity contribution in [3.8, 4) is 11.8 Å². The standard InChI is InChI=1S/C13H13N3O3/c1-15-8-12(17)16(13(15)18)7-9-3-4-10(6-14)11(5-9)19-2/h3-5H,7-8H2,1-2H3. The van der Waals surface area contributed by atoms with Crippen molar-refractivity contribution in [3.05, 3.63) is 29.3 Å². The number of rotatable bonds is 3. The fraction of sp³-hybridized carbons (Fsp3) is 0.308. The molecule has 1 aromatic rings. The Labute approximate surface area is 110 Å². The first kappa shape index (κ1) is 12.9. The summed E-state index contributed by atoms with van der Waals surface area (Å²) in [5, 5.41) is 8.89. The predicted octanol–water partition coefficient (Wildman–Crippen LogP) is 0.961. The molecule has 0 N–H and O–H groups in total. The van der Waals surface area contributed by atoms with E-state index in [1.54, 1.807) is 25.2 Å². The number of ether oxygens (including phenoxy) is 1. The number of likely N-dealkylation sites (N-methyl/N-ethyl adjacent to an activating group) is 1. The van der Waals surface area contributed by atoms with Crippen LogP contribution in [0.3, 0.4) is 0 Å². The lowest BCUT2D eigenvalue weighted by Crippen LogP contribution is -2.31. The summed E-state index contributed by atoms with van der Waals surface area (Å²) < 4.78 is 5.09. The van der Waals surface area contributed by atoms with Crippen molar-refractivity contribution in [2.45, 2.75) is 6.54 Å². The van der Waals surface area contributed by atoms with E-state index in [1.807, 2.05) is 6.07 Å². The smallest absolute Gasteiger partial charge is 0.327 e. The van der Waals surface area contributed by atoms with Gasteiger partial charge in [0.05, 0.1) is 19.2 Å². The van der Waals surface area contributed by atoms with Crippen LogP contribution in [0, 0.1) is 11.3 Å². The number of methoxy groups -OCH3 is 1. The third-order valence-electron chi connectivity index (χ3n) is 2.96. The molecule has 0 bridgehead atoms. The molecule has 0 atom stereocenters. The molecule has 0 unspecified atom stereocenters. The molecule has 6 heteroatoms. The Kier molecular flexibility index (Phi) is 3.38. The number of hydrogen-bond acceptors (Lipinski definition) is 4. The van der Waals surface area contributed by atoms with E-state index in [0.717, 1.165) is 5.56 Å². The largest absolute Gasteiger partial charge is 0.495 e. The van der Waals surface area contributed by atoms with Gasteiger partial charge in [-0.15, -0.1) is 0 Å². The second-order valence-corrected chi connectivity index (χ2v) is 4.26. The summed E-state index contributed by atoms with van der Waals surface area (Å²) in [4.78, 5) is 25.9. The average molecular weight is 259 g/mol. The number of urea groups is 1. The number of benzene rings is 1. The highest BCUT2D eigenvalue weighted by Crippen LogP contribution is 2.21. The van der Waals surface area contributed by atoms with E-state index in [4.69, 9.17) is 10.00 Å². The molecule has 1 aromatic carbocycles. The molecular weight excluding hydrogens is 246 g/mol. The molecule has 19 heavy (non-hydrogen) atoms. The molecule has 0 aliphatic carbocycles. The molecule has 1 aliphatic heterocycles. The highest BCUT2D eigenvalue weighted by atomic mass is 16.5. The maximum Gasteiger partial charge on any atom is 0.327 e. The highest BCUT2D eigenvalue weighted by Gasteiger charge is 2.33. The van der Waals surface area contributed by atoms with E-state index in [0.29, 0.717) is 11.3 Å². The van der Waals surface area contributed by atoms with Crippen molar-refractivity contribution >= 4 is 11.9 Å². The van der Waals surface area contributed by atoms with Crippen molar-refractivity contribution < 1.29 is 14.3 Å². The lowest BCUT2D eigenvalue weighted by atomic mass is 10.1. The van der Waals surface area contributed by atoms with Crippen LogP contribution in [0.15, 0.2) is 18.2 Å². The van der Waals surface area contributed by atoms with Gasteiger partial charge in [-0.2, -0.15) is 5.26 Å². The van der Waals surface area contributed by atoms with Crippen molar-refractivity contribution in [2.75, 3.05) is 20.7 Å². The molecule has 98 valence electrons. The molecule has 1 saturated heterocycles. The molecule has 1 aliphatic rings. The van der Waals surface area contributed by atoms with Gasteiger partial charge in [-0.25, -0.2) is 4.79 Å². The van der Waals surface area contributed by atoms with Crippen molar-refractivity contribution in [2.24, 2.45) is 0 Å². The predicted molar refractivity (Wildman–Crippen MR) is 66.3 cm³/mol. The Hall–Kier alpha value is -2.55. The second-order valence-electron chi connectivity index (χ2n) is 4.26. The summed E-state index contributed by atoms with van der Waals surface area (Å²) >= 11 is 0. The Morgan fingerprint density at radius 3 is 2.68 bits per heavy atom. The summed E-state index contributed by atoms with van der Waals surface area (Å²) in [6.45, 7) is 0.288. The minimum absolute atomic E-state index is 0.103. The van der Waals surface area contributed by atoms with E-state index in [-0.39, 0.29) is 25.0 Å². The van der Waals surface area contributed by atoms with Crippen LogP contribution in [-0.2, 0) is 11.3 Å². The zero-order valence-corrected chi connectivity index (χ0v) is 10.7. The number of carbonyl (C=O) groups excluding carboxylic acids is 2. The number of hydrogen-bond donors (Lipinski definition) is 0. The maximum atomic E-state index is 11.7. The van der Waals surface area contributed by atoms with Crippen LogP contribution in [0.1, 0.15) is 11.1 Å². The summed E-state index contributed by atoms with van der Waals surface area (Å²) in [7, 11) is 3.06. The quantitative estimate of drug-likeness (QED) is 0.758. The molecule has 3 amide bonds. The Morgan fingerprint density at radius 1 is 1.42 bits per heavy atom. The SMILES string of the molecule is COc1cc(CN2C(=O)CN(C)C2=O)ccc1C#N. The molecule has 6 nitrogen and oxygen atoms in total. The van der Waals surface area contributed by atoms with Crippen molar-refractivity contribution in [1.82, 2.24) is 9.80 Å². The number of nitrogens with zero attached hydrogens (tertiary/aromatic N) is 3. The van der Waals surface area contributed by atoms with Crippen LogP contribution in [-0.4, -0.2) is 42.4 Å². The lowest BCUT2D eigenvalue weighted by molar-refractivity contribution is -0.125. The summed E-state index contributed by atoms with van der Waals surface area (Å²) in [6, 6.07) is 6.69. The van der Waals surface area contributed by atoms with Crippen molar-refractivity contribution in [3.63, 3.8) is 0 Å². The van der Waals surface area contributed by atoms with Gasteiger partial charge in [0.2, 0.25) is 0 Å². The topological polar surface area (TPSA) is 73.6 Å². The minimum Gasteiger partial charge on any atom is -0.495 e. The fourth-order valence-corrected chi connectivity index (χ4v) is 1.93. The summed E-state index contributed by atoms with van der Waals surface area (Å²) in [6.07, 6.45) is 0. The van der Waals surface area contributed by atoms with Crippen LogP contribution in [0.4, 0.5) is 4.79 Å². The Morgan fingerprint density at radius 2 is 2.16 bits per heavy atom. The first-order chi connectivity index (χ1) is 9.06. The molecule has 1 fully saturated rings. The first-order valence-corrected chi connectivity index (χ1v) is 5.69. The van der Waals surface area contributed by atoms with Crippen LogP contribution in [0.5, 0.6) is 5.75 Å². The minimum atomic E-state index is -0.312. The zero-order valence-electron chi connectivity index (χ0n) is 10.7. The van der Waals surface area contributed by atoms with Crippen LogP contribution in [0.2, 0.25) is 0 Å². The molecule has 0 spiro atoms. The Balaban J connectivity index is 2.23. The van der Waals surface area contributed by atoms with Gasteiger partial charge in [-0.05, 0) is 17.7 Å². The average Bonchev–Trinajstić information content (AvgIpc) is 2.65. The number of carbonyl (C=O) groups is 2. The summed E-state index contributed by atoms with van der Waals surface area (Å²) in [5.41, 5.74) is 1.16. The first-order valence-electron chi connectivity index (χ1n) is 5.69. The van der Waals surface area contributed by atoms with Gasteiger partial charge >= 0.3 is 6.03 Å². The van der Waals surface area contributed by atoms with Gasteiger partial charge < -0.3 is 9.64 Å². The molecule has 0 aromatic heterocycles. The molecule has 1 heterocycles. The number of amides is 3. The van der Waals surface area contributed by atoms with E-state index in [9.17, 15) is 9.59 Å². The van der Waals surface area contributed by atoms with Crippen LogP contribution >= 0.6 is 0 Å². The van der Waals surface area contributed by atoms with Gasteiger partial charge in [0.1, 0.15) is 18.4 Å². The van der Waals surface area contributed by atoms with Crippen LogP contribution in [0.25, 0.3) is 0 Å². The Bertz CT molecular complexity index is 577. The van der Waals surface area contributed by atoms with Gasteiger partial charge in [0.15, 0.2) is 0 Å². The van der Waals surface area contributed by atoms with Gasteiger partial charge in [0, 0.05) is 7.05 Å².